The maximum Gasteiger partial charge on any atom is 0.407 e. The summed E-state index contributed by atoms with van der Waals surface area (Å²) < 4.78 is 13.4. The first-order valence-electron chi connectivity index (χ1n) is 17.4. The summed E-state index contributed by atoms with van der Waals surface area (Å²) in [6.07, 6.45) is 22.7. The second-order valence-corrected chi connectivity index (χ2v) is 13.3. The molecular formula is C35H60ClN3O5S. The summed E-state index contributed by atoms with van der Waals surface area (Å²) in [5, 5.41) is 5.83. The first kappa shape index (κ1) is 41.2. The van der Waals surface area contributed by atoms with Gasteiger partial charge in [-0.1, -0.05) is 101 Å². The number of Topliss-reactive ketones (excluding diaryl/α,β-unsaturated/α-hetero) is 1. The fourth-order valence-corrected chi connectivity index (χ4v) is 6.68. The average molecular weight is 670 g/mol. The molecular weight excluding hydrogens is 610 g/mol. The number of thioether (sulfide) groups is 1. The third kappa shape index (κ3) is 20.8. The fourth-order valence-electron chi connectivity index (χ4n) is 5.62. The van der Waals surface area contributed by atoms with Gasteiger partial charge in [0.25, 0.3) is 5.24 Å². The van der Waals surface area contributed by atoms with Gasteiger partial charge >= 0.3 is 6.09 Å². The molecule has 8 nitrogen and oxygen atoms in total. The Morgan fingerprint density at radius 1 is 0.889 bits per heavy atom. The zero-order valence-corrected chi connectivity index (χ0v) is 29.6. The summed E-state index contributed by atoms with van der Waals surface area (Å²) in [6, 6.07) is 5.90. The highest BCUT2D eigenvalue weighted by Crippen LogP contribution is 2.27. The van der Waals surface area contributed by atoms with Gasteiger partial charge in [0, 0.05) is 37.0 Å². The van der Waals surface area contributed by atoms with Gasteiger partial charge in [0.2, 0.25) is 5.69 Å². The number of hydrogen-bond acceptors (Lipinski definition) is 6. The van der Waals surface area contributed by atoms with Crippen LogP contribution in [0.5, 0.6) is 0 Å². The number of hydrogen-bond donors (Lipinski definition) is 2. The number of nitrogens with one attached hydrogen (secondary N) is 2. The van der Waals surface area contributed by atoms with Crippen molar-refractivity contribution in [2.24, 2.45) is 0 Å². The number of ether oxygens (including phenoxy) is 2. The zero-order chi connectivity index (χ0) is 31.7. The van der Waals surface area contributed by atoms with Crippen LogP contribution in [0, 0.1) is 0 Å². The maximum atomic E-state index is 12.6. The number of halogens is 1. The summed E-state index contributed by atoms with van der Waals surface area (Å²) in [5.74, 6) is 0.320. The number of aryl methyl sites for hydroxylation is 1. The van der Waals surface area contributed by atoms with Crippen LogP contribution in [0.25, 0.3) is 0 Å². The number of alkyl carbamates (subject to hydrolysis) is 1. The van der Waals surface area contributed by atoms with Crippen molar-refractivity contribution < 1.29 is 40.8 Å². The van der Waals surface area contributed by atoms with Crippen LogP contribution in [0.1, 0.15) is 135 Å². The molecule has 258 valence electrons. The van der Waals surface area contributed by atoms with Crippen LogP contribution < -0.4 is 27.6 Å². The van der Waals surface area contributed by atoms with E-state index in [1.54, 1.807) is 6.92 Å². The molecule has 1 aromatic rings. The van der Waals surface area contributed by atoms with E-state index in [1.165, 1.54) is 88.8 Å². The van der Waals surface area contributed by atoms with E-state index in [0.717, 1.165) is 50.8 Å². The molecule has 1 fully saturated rings. The topological polar surface area (TPSA) is 97.6 Å². The van der Waals surface area contributed by atoms with E-state index in [2.05, 4.69) is 22.1 Å². The van der Waals surface area contributed by atoms with E-state index in [4.69, 9.17) is 9.47 Å². The van der Waals surface area contributed by atoms with E-state index in [0.29, 0.717) is 25.5 Å². The SMILES string of the molecule is CC[n+]1ccccc1CNC(=O)OC[C@@H]1OCCC[C@@H]1SC(=O)NCCCCCCCCCCCCCCCCCC(C)=O.[Cl-]. The monoisotopic (exact) mass is 669 g/mol. The summed E-state index contributed by atoms with van der Waals surface area (Å²) in [6.45, 7) is 6.45. The van der Waals surface area contributed by atoms with Crippen molar-refractivity contribution in [1.82, 2.24) is 10.6 Å². The maximum absolute atomic E-state index is 12.6. The van der Waals surface area contributed by atoms with Crippen LogP contribution in [-0.4, -0.2) is 48.2 Å². The lowest BCUT2D eigenvalue weighted by Crippen LogP contribution is -3.00. The lowest BCUT2D eigenvalue weighted by molar-refractivity contribution is -0.701. The smallest absolute Gasteiger partial charge is 0.407 e. The highest BCUT2D eigenvalue weighted by Gasteiger charge is 2.30. The van der Waals surface area contributed by atoms with E-state index in [-0.39, 0.29) is 35.6 Å². The minimum Gasteiger partial charge on any atom is -1.00 e. The lowest BCUT2D eigenvalue weighted by atomic mass is 10.0. The van der Waals surface area contributed by atoms with Crippen LogP contribution in [0.15, 0.2) is 24.4 Å². The number of ketones is 1. The lowest BCUT2D eigenvalue weighted by Gasteiger charge is -2.30. The second kappa shape index (κ2) is 27.3. The fraction of sp³-hybridized carbons (Fsp3) is 0.771. The van der Waals surface area contributed by atoms with Crippen molar-refractivity contribution in [3.63, 3.8) is 0 Å². The zero-order valence-electron chi connectivity index (χ0n) is 28.0. The van der Waals surface area contributed by atoms with Crippen molar-refractivity contribution in [3.05, 3.63) is 30.1 Å². The van der Waals surface area contributed by atoms with Gasteiger partial charge < -0.3 is 37.3 Å². The van der Waals surface area contributed by atoms with Gasteiger partial charge in [0.05, 0.1) is 0 Å². The number of carbonyl (C=O) groups is 3. The van der Waals surface area contributed by atoms with Crippen molar-refractivity contribution in [2.75, 3.05) is 19.8 Å². The van der Waals surface area contributed by atoms with Crippen LogP contribution in [0.3, 0.4) is 0 Å². The Morgan fingerprint density at radius 2 is 1.49 bits per heavy atom. The van der Waals surface area contributed by atoms with Crippen LogP contribution in [0.4, 0.5) is 9.59 Å². The molecule has 2 atom stereocenters. The Balaban J connectivity index is 0.0000101. The molecule has 2 heterocycles. The van der Waals surface area contributed by atoms with Crippen molar-refractivity contribution in [2.45, 2.75) is 154 Å². The van der Waals surface area contributed by atoms with E-state index in [9.17, 15) is 14.4 Å². The summed E-state index contributed by atoms with van der Waals surface area (Å²) >= 11 is 1.28. The molecule has 0 aromatic carbocycles. The highest BCUT2D eigenvalue weighted by atomic mass is 35.5. The molecule has 45 heavy (non-hydrogen) atoms. The Morgan fingerprint density at radius 3 is 2.09 bits per heavy atom. The third-order valence-electron chi connectivity index (χ3n) is 8.28. The molecule has 10 heteroatoms. The molecule has 1 aliphatic rings. The standard InChI is InChI=1S/C35H59N3O5S.ClH/c1-3-38-26-20-18-23-31(38)28-37-34(40)43-29-32-33(24-21-27-42-32)44-35(41)36-25-19-16-14-12-10-8-6-4-5-7-9-11-13-15-17-22-30(2)39;/h18,20,23,26,32-33H,3-17,19,21-22,24-25,27-29H2,1-2H3,(H-,36,37,40,41);1H/t32-,33-;/m0./s1. The van der Waals surface area contributed by atoms with Crippen LogP contribution in [-0.2, 0) is 27.4 Å². The second-order valence-electron chi connectivity index (χ2n) is 12.1. The van der Waals surface area contributed by atoms with Gasteiger partial charge in [-0.3, -0.25) is 4.79 Å². The van der Waals surface area contributed by atoms with Crippen molar-refractivity contribution in [1.29, 1.82) is 0 Å². The number of pyridine rings is 1. The molecule has 1 saturated heterocycles. The summed E-state index contributed by atoms with van der Waals surface area (Å²) in [4.78, 5) is 35.8. The molecule has 0 bridgehead atoms. The number of rotatable bonds is 24. The first-order chi connectivity index (χ1) is 21.5. The summed E-state index contributed by atoms with van der Waals surface area (Å²) in [7, 11) is 0. The van der Waals surface area contributed by atoms with Gasteiger partial charge in [-0.25, -0.2) is 9.36 Å². The number of aromatic nitrogens is 1. The largest absolute Gasteiger partial charge is 1.00 e. The molecule has 0 spiro atoms. The van der Waals surface area contributed by atoms with Crippen LogP contribution in [0.2, 0.25) is 0 Å². The van der Waals surface area contributed by atoms with Gasteiger partial charge in [-0.05, 0) is 39.5 Å². The van der Waals surface area contributed by atoms with E-state index < -0.39 is 6.09 Å². The van der Waals surface area contributed by atoms with Gasteiger partial charge in [0.1, 0.15) is 31.6 Å². The quantitative estimate of drug-likeness (QED) is 0.118. The minimum atomic E-state index is -0.473. The normalized spacial score (nSPS) is 16.0. The molecule has 2 amide bonds. The molecule has 1 aliphatic heterocycles. The number of amides is 2. The molecule has 1 aromatic heterocycles. The van der Waals surface area contributed by atoms with Crippen molar-refractivity contribution in [3.8, 4) is 0 Å². The third-order valence-corrected chi connectivity index (χ3v) is 9.48. The average Bonchev–Trinajstić information content (AvgIpc) is 3.02. The van der Waals surface area contributed by atoms with Gasteiger partial charge in [-0.2, -0.15) is 0 Å². The first-order valence-corrected chi connectivity index (χ1v) is 18.3. The Bertz CT molecular complexity index is 938. The predicted molar refractivity (Wildman–Crippen MR) is 179 cm³/mol. The van der Waals surface area contributed by atoms with Gasteiger partial charge in [-0.15, -0.1) is 0 Å². The molecule has 2 N–H and O–H groups in total. The van der Waals surface area contributed by atoms with Crippen molar-refractivity contribution >= 4 is 28.9 Å². The molecule has 0 unspecified atom stereocenters. The molecule has 2 rings (SSSR count). The van der Waals surface area contributed by atoms with E-state index >= 15 is 0 Å². The molecule has 0 aliphatic carbocycles. The predicted octanol–water partition coefficient (Wildman–Crippen LogP) is 5.05. The molecule has 0 saturated carbocycles. The van der Waals surface area contributed by atoms with E-state index in [1.807, 2.05) is 24.4 Å². The number of unbranched alkanes of at least 4 members (excludes halogenated alkanes) is 14. The Kier molecular flexibility index (Phi) is 25.0. The highest BCUT2D eigenvalue weighted by molar-refractivity contribution is 8.14. The summed E-state index contributed by atoms with van der Waals surface area (Å²) in [5.41, 5.74) is 1.01. The molecule has 0 radical (unpaired) electrons. The van der Waals surface area contributed by atoms with Crippen LogP contribution >= 0.6 is 11.8 Å². The Hall–Kier alpha value is -1.84. The Labute approximate surface area is 283 Å². The minimum absolute atomic E-state index is 0. The van der Waals surface area contributed by atoms with Gasteiger partial charge in [0.15, 0.2) is 6.20 Å². The number of carbonyl (C=O) groups excluding carboxylic acids is 3. The number of nitrogens with zero attached hydrogens (tertiary/aromatic N) is 1.